The molecule has 0 saturated heterocycles. The van der Waals surface area contributed by atoms with Gasteiger partial charge in [0.25, 0.3) is 0 Å². The van der Waals surface area contributed by atoms with Crippen molar-refractivity contribution in [1.82, 2.24) is 0 Å². The molecule has 0 aliphatic rings. The van der Waals surface area contributed by atoms with Gasteiger partial charge >= 0.3 is 6.36 Å². The molecule has 0 saturated carbocycles. The largest absolute Gasteiger partial charge is 0.573 e. The summed E-state index contributed by atoms with van der Waals surface area (Å²) in [5.74, 6) is -0.214. The van der Waals surface area contributed by atoms with Gasteiger partial charge in [-0.25, -0.2) is 12.7 Å². The third kappa shape index (κ3) is 6.93. The molecule has 0 aliphatic heterocycles. The first-order valence-electron chi connectivity index (χ1n) is 12.9. The number of sulfonamides is 1. The Labute approximate surface area is 247 Å². The second-order valence-electron chi connectivity index (χ2n) is 10.7. The molecule has 0 N–H and O–H groups in total. The second-order valence-corrected chi connectivity index (χ2v) is 14.5. The molecule has 1 aromatic heterocycles. The van der Waals surface area contributed by atoms with Crippen molar-refractivity contribution in [2.45, 2.75) is 64.7 Å². The lowest BCUT2D eigenvalue weighted by Gasteiger charge is -2.31. The van der Waals surface area contributed by atoms with Crippen LogP contribution in [0.4, 0.5) is 24.5 Å². The highest BCUT2D eigenvalue weighted by atomic mass is 35.5. The first kappa shape index (κ1) is 31.0. The molecule has 5 nitrogen and oxygen atoms in total. The number of alkyl halides is 3. The van der Waals surface area contributed by atoms with Crippen molar-refractivity contribution in [2.75, 3.05) is 4.31 Å². The van der Waals surface area contributed by atoms with Gasteiger partial charge in [0.15, 0.2) is 0 Å². The highest BCUT2D eigenvalue weighted by Crippen LogP contribution is 2.42. The SMILES string of the molecule is CC(C)Oc1cc(OC(F)(F)F)cc(C(C)(C)c2cc(Cl)cc(N(c3ccc4sccc4c3)S(=O)(=O)C(C)C)c2)c1. The van der Waals surface area contributed by atoms with E-state index < -0.39 is 32.8 Å². The molecule has 0 spiro atoms. The Bertz CT molecular complexity index is 1660. The van der Waals surface area contributed by atoms with Gasteiger partial charge in [-0.2, -0.15) is 0 Å². The molecule has 0 bridgehead atoms. The molecule has 0 amide bonds. The van der Waals surface area contributed by atoms with Crippen molar-refractivity contribution >= 4 is 54.4 Å². The van der Waals surface area contributed by atoms with Crippen molar-refractivity contribution in [3.8, 4) is 11.5 Å². The average molecular weight is 626 g/mol. The molecule has 0 unspecified atom stereocenters. The van der Waals surface area contributed by atoms with E-state index in [0.717, 1.165) is 10.1 Å². The summed E-state index contributed by atoms with van der Waals surface area (Å²) in [6, 6.07) is 16.4. The number of rotatable bonds is 9. The molecular formula is C30H31ClF3NO4S2. The number of halogens is 4. The van der Waals surface area contributed by atoms with E-state index in [0.29, 0.717) is 22.5 Å². The number of hydrogen-bond donors (Lipinski definition) is 0. The summed E-state index contributed by atoms with van der Waals surface area (Å²) in [6.45, 7) is 10.4. The maximum absolute atomic E-state index is 13.7. The monoisotopic (exact) mass is 625 g/mol. The molecule has 220 valence electrons. The number of fused-ring (bicyclic) bond motifs is 1. The molecule has 3 aromatic carbocycles. The fraction of sp³-hybridized carbons (Fsp3) is 0.333. The summed E-state index contributed by atoms with van der Waals surface area (Å²) < 4.78 is 79.2. The van der Waals surface area contributed by atoms with Crippen molar-refractivity contribution < 1.29 is 31.1 Å². The lowest BCUT2D eigenvalue weighted by Crippen LogP contribution is -2.33. The van der Waals surface area contributed by atoms with E-state index in [4.69, 9.17) is 16.3 Å². The van der Waals surface area contributed by atoms with Crippen LogP contribution in [0.25, 0.3) is 10.1 Å². The summed E-state index contributed by atoms with van der Waals surface area (Å²) in [5.41, 5.74) is 0.861. The first-order valence-corrected chi connectivity index (χ1v) is 15.6. The zero-order valence-corrected chi connectivity index (χ0v) is 25.8. The van der Waals surface area contributed by atoms with Crippen LogP contribution in [0.1, 0.15) is 52.7 Å². The predicted molar refractivity (Wildman–Crippen MR) is 160 cm³/mol. The minimum atomic E-state index is -4.89. The van der Waals surface area contributed by atoms with Crippen molar-refractivity contribution in [2.24, 2.45) is 0 Å². The van der Waals surface area contributed by atoms with Crippen molar-refractivity contribution in [3.05, 3.63) is 82.2 Å². The van der Waals surface area contributed by atoms with Crippen LogP contribution in [-0.4, -0.2) is 26.1 Å². The van der Waals surface area contributed by atoms with Gasteiger partial charge in [-0.15, -0.1) is 24.5 Å². The summed E-state index contributed by atoms with van der Waals surface area (Å²) in [7, 11) is -3.87. The number of anilines is 2. The molecule has 4 aromatic rings. The first-order chi connectivity index (χ1) is 19.0. The Morgan fingerprint density at radius 3 is 2.15 bits per heavy atom. The van der Waals surface area contributed by atoms with Crippen LogP contribution >= 0.6 is 22.9 Å². The molecule has 1 heterocycles. The van der Waals surface area contributed by atoms with Gasteiger partial charge in [0, 0.05) is 21.2 Å². The zero-order chi connectivity index (χ0) is 30.3. The van der Waals surface area contributed by atoms with Crippen molar-refractivity contribution in [1.29, 1.82) is 0 Å². The van der Waals surface area contributed by atoms with E-state index in [2.05, 4.69) is 4.74 Å². The zero-order valence-electron chi connectivity index (χ0n) is 23.4. The number of thiophene rings is 1. The van der Waals surface area contributed by atoms with Gasteiger partial charge in [-0.1, -0.05) is 25.4 Å². The highest BCUT2D eigenvalue weighted by Gasteiger charge is 2.34. The molecule has 4 rings (SSSR count). The predicted octanol–water partition coefficient (Wildman–Crippen LogP) is 9.44. The van der Waals surface area contributed by atoms with Gasteiger partial charge in [0.2, 0.25) is 10.0 Å². The average Bonchev–Trinajstić information content (AvgIpc) is 3.30. The van der Waals surface area contributed by atoms with Crippen LogP contribution < -0.4 is 13.8 Å². The summed E-state index contributed by atoms with van der Waals surface area (Å²) in [6.07, 6.45) is -5.18. The molecular weight excluding hydrogens is 595 g/mol. The van der Waals surface area contributed by atoms with Gasteiger partial charge in [-0.05, 0) is 104 Å². The van der Waals surface area contributed by atoms with E-state index in [9.17, 15) is 21.6 Å². The fourth-order valence-corrected chi connectivity index (χ4v) is 6.65. The van der Waals surface area contributed by atoms with Crippen molar-refractivity contribution in [3.63, 3.8) is 0 Å². The van der Waals surface area contributed by atoms with E-state index in [1.807, 2.05) is 37.4 Å². The summed E-state index contributed by atoms with van der Waals surface area (Å²) in [4.78, 5) is 0. The quantitative estimate of drug-likeness (QED) is 0.186. The Kier molecular flexibility index (Phi) is 8.60. The summed E-state index contributed by atoms with van der Waals surface area (Å²) >= 11 is 8.14. The Morgan fingerprint density at radius 1 is 0.854 bits per heavy atom. The van der Waals surface area contributed by atoms with E-state index in [1.165, 1.54) is 16.4 Å². The third-order valence-corrected chi connectivity index (χ3v) is 9.80. The lowest BCUT2D eigenvalue weighted by atomic mass is 9.78. The van der Waals surface area contributed by atoms with Gasteiger partial charge < -0.3 is 9.47 Å². The van der Waals surface area contributed by atoms with Gasteiger partial charge in [0.05, 0.1) is 22.7 Å². The Morgan fingerprint density at radius 2 is 1.51 bits per heavy atom. The lowest BCUT2D eigenvalue weighted by molar-refractivity contribution is -0.274. The van der Waals surface area contributed by atoms with E-state index in [-0.39, 0.29) is 16.9 Å². The number of ether oxygens (including phenoxy) is 2. The minimum Gasteiger partial charge on any atom is -0.491 e. The van der Waals surface area contributed by atoms with Crippen LogP contribution in [0.2, 0.25) is 5.02 Å². The van der Waals surface area contributed by atoms with Gasteiger partial charge in [-0.3, -0.25) is 0 Å². The molecule has 0 atom stereocenters. The highest BCUT2D eigenvalue weighted by molar-refractivity contribution is 7.93. The molecule has 41 heavy (non-hydrogen) atoms. The van der Waals surface area contributed by atoms with Crippen LogP contribution in [-0.2, 0) is 15.4 Å². The van der Waals surface area contributed by atoms with Crippen LogP contribution in [0, 0.1) is 0 Å². The second kappa shape index (κ2) is 11.4. The van der Waals surface area contributed by atoms with Crippen LogP contribution in [0.3, 0.4) is 0 Å². The number of hydrogen-bond acceptors (Lipinski definition) is 5. The topological polar surface area (TPSA) is 55.8 Å². The minimum absolute atomic E-state index is 0.208. The molecule has 0 radical (unpaired) electrons. The van der Waals surface area contributed by atoms with Crippen LogP contribution in [0.5, 0.6) is 11.5 Å². The smallest absolute Gasteiger partial charge is 0.491 e. The maximum atomic E-state index is 13.7. The van der Waals surface area contributed by atoms with E-state index in [1.54, 1.807) is 69.4 Å². The summed E-state index contributed by atoms with van der Waals surface area (Å²) in [5, 5.41) is 2.36. The molecule has 0 aliphatic carbocycles. The fourth-order valence-electron chi connectivity index (χ4n) is 4.42. The standard InChI is InChI=1S/C30H31ClF3NO4S2/c1-18(2)38-26-14-22(15-27(17-26)39-30(32,33)34)29(5,6)21-12-23(31)16-25(13-21)35(41(36,37)19(3)4)24-7-8-28-20(11-24)9-10-40-28/h7-19H,1-6H3. The van der Waals surface area contributed by atoms with Crippen LogP contribution in [0.15, 0.2) is 66.0 Å². The maximum Gasteiger partial charge on any atom is 0.573 e. The third-order valence-electron chi connectivity index (χ3n) is 6.57. The van der Waals surface area contributed by atoms with E-state index >= 15 is 0 Å². The Balaban J connectivity index is 1.89. The molecule has 0 fully saturated rings. The number of nitrogens with zero attached hydrogens (tertiary/aromatic N) is 1. The van der Waals surface area contributed by atoms with Gasteiger partial charge in [0.1, 0.15) is 11.5 Å². The Hall–Kier alpha value is -2.95. The normalized spacial score (nSPS) is 12.8. The molecule has 11 heteroatoms. The number of benzene rings is 3.